The normalized spacial score (nSPS) is 14.5. The fourth-order valence-electron chi connectivity index (χ4n) is 1.98. The lowest BCUT2D eigenvalue weighted by molar-refractivity contribution is 0.380. The Bertz CT molecular complexity index is 363. The van der Waals surface area contributed by atoms with Gasteiger partial charge in [0.1, 0.15) is 11.5 Å². The van der Waals surface area contributed by atoms with Gasteiger partial charge in [0.15, 0.2) is 0 Å². The van der Waals surface area contributed by atoms with Crippen LogP contribution in [0.1, 0.15) is 32.3 Å². The summed E-state index contributed by atoms with van der Waals surface area (Å²) in [5, 5.41) is 0. The summed E-state index contributed by atoms with van der Waals surface area (Å²) in [5.41, 5.74) is 7.32. The molecule has 0 spiro atoms. The van der Waals surface area contributed by atoms with Crippen LogP contribution in [-0.2, 0) is 0 Å². The first-order valence-electron chi connectivity index (χ1n) is 5.98. The molecule has 0 heterocycles. The molecule has 96 valence electrons. The highest BCUT2D eigenvalue weighted by Crippen LogP contribution is 2.33. The minimum Gasteiger partial charge on any atom is -0.497 e. The molecule has 0 radical (unpaired) electrons. The van der Waals surface area contributed by atoms with E-state index in [2.05, 4.69) is 20.8 Å². The van der Waals surface area contributed by atoms with Crippen molar-refractivity contribution in [1.29, 1.82) is 0 Å². The van der Waals surface area contributed by atoms with Crippen molar-refractivity contribution in [2.75, 3.05) is 14.2 Å². The molecule has 0 fully saturated rings. The van der Waals surface area contributed by atoms with E-state index in [1.807, 2.05) is 18.2 Å². The molecule has 0 bridgehead atoms. The van der Waals surface area contributed by atoms with Gasteiger partial charge in [-0.15, -0.1) is 0 Å². The summed E-state index contributed by atoms with van der Waals surface area (Å²) in [4.78, 5) is 0. The van der Waals surface area contributed by atoms with E-state index in [-0.39, 0.29) is 12.0 Å². The summed E-state index contributed by atoms with van der Waals surface area (Å²) < 4.78 is 10.6. The Balaban J connectivity index is 3.09. The lowest BCUT2D eigenvalue weighted by atomic mass is 9.86. The third-order valence-electron chi connectivity index (χ3n) is 3.27. The fourth-order valence-corrected chi connectivity index (χ4v) is 1.98. The van der Waals surface area contributed by atoms with Crippen LogP contribution in [0.3, 0.4) is 0 Å². The van der Waals surface area contributed by atoms with Crippen LogP contribution < -0.4 is 15.2 Å². The summed E-state index contributed by atoms with van der Waals surface area (Å²) in [6.07, 6.45) is 0. The number of benzene rings is 1. The number of hydrogen-bond acceptors (Lipinski definition) is 3. The summed E-state index contributed by atoms with van der Waals surface area (Å²) in [6, 6.07) is 5.94. The van der Waals surface area contributed by atoms with Gasteiger partial charge in [0, 0.05) is 17.5 Å². The van der Waals surface area contributed by atoms with Crippen molar-refractivity contribution >= 4 is 0 Å². The summed E-state index contributed by atoms with van der Waals surface area (Å²) in [6.45, 7) is 6.39. The van der Waals surface area contributed by atoms with E-state index in [0.29, 0.717) is 5.92 Å². The molecule has 0 aliphatic heterocycles. The maximum atomic E-state index is 6.21. The van der Waals surface area contributed by atoms with Crippen LogP contribution in [0.4, 0.5) is 0 Å². The monoisotopic (exact) mass is 237 g/mol. The smallest absolute Gasteiger partial charge is 0.122 e. The molecule has 0 saturated carbocycles. The molecule has 1 rings (SSSR count). The lowest BCUT2D eigenvalue weighted by Gasteiger charge is -2.25. The van der Waals surface area contributed by atoms with Crippen molar-refractivity contribution in [2.24, 2.45) is 11.7 Å². The third-order valence-corrected chi connectivity index (χ3v) is 3.27. The Morgan fingerprint density at radius 3 is 2.18 bits per heavy atom. The molecular weight excluding hydrogens is 214 g/mol. The van der Waals surface area contributed by atoms with E-state index in [1.54, 1.807) is 14.2 Å². The van der Waals surface area contributed by atoms with Crippen molar-refractivity contribution in [3.8, 4) is 11.5 Å². The van der Waals surface area contributed by atoms with Crippen LogP contribution in [-0.4, -0.2) is 20.3 Å². The molecular formula is C14H23NO2. The van der Waals surface area contributed by atoms with Crippen molar-refractivity contribution in [3.05, 3.63) is 23.8 Å². The maximum Gasteiger partial charge on any atom is 0.122 e. The standard InChI is InChI=1S/C14H23NO2/c1-9(2)14(15)10(3)12-8-11(16-4)6-7-13(12)17-5/h6-10,14H,15H2,1-5H3. The highest BCUT2D eigenvalue weighted by atomic mass is 16.5. The van der Waals surface area contributed by atoms with Crippen LogP contribution in [0, 0.1) is 5.92 Å². The first kappa shape index (κ1) is 13.8. The molecule has 2 atom stereocenters. The molecule has 1 aromatic rings. The molecule has 0 aliphatic rings. The maximum absolute atomic E-state index is 6.21. The number of hydrogen-bond donors (Lipinski definition) is 1. The minimum absolute atomic E-state index is 0.107. The zero-order chi connectivity index (χ0) is 13.0. The third kappa shape index (κ3) is 3.13. The van der Waals surface area contributed by atoms with E-state index in [0.717, 1.165) is 17.1 Å². The molecule has 17 heavy (non-hydrogen) atoms. The second kappa shape index (κ2) is 5.92. The number of ether oxygens (including phenoxy) is 2. The fraction of sp³-hybridized carbons (Fsp3) is 0.571. The van der Waals surface area contributed by atoms with Crippen molar-refractivity contribution in [1.82, 2.24) is 0 Å². The highest BCUT2D eigenvalue weighted by Gasteiger charge is 2.21. The van der Waals surface area contributed by atoms with Gasteiger partial charge < -0.3 is 15.2 Å². The van der Waals surface area contributed by atoms with Crippen molar-refractivity contribution < 1.29 is 9.47 Å². The van der Waals surface area contributed by atoms with Gasteiger partial charge in [-0.25, -0.2) is 0 Å². The van der Waals surface area contributed by atoms with E-state index in [9.17, 15) is 0 Å². The quantitative estimate of drug-likeness (QED) is 0.856. The highest BCUT2D eigenvalue weighted by molar-refractivity contribution is 5.42. The van der Waals surface area contributed by atoms with Gasteiger partial charge in [0.25, 0.3) is 0 Å². The van der Waals surface area contributed by atoms with E-state index in [4.69, 9.17) is 15.2 Å². The topological polar surface area (TPSA) is 44.5 Å². The first-order valence-corrected chi connectivity index (χ1v) is 5.98. The second-order valence-electron chi connectivity index (χ2n) is 4.72. The number of methoxy groups -OCH3 is 2. The number of rotatable bonds is 5. The van der Waals surface area contributed by atoms with Crippen LogP contribution in [0.25, 0.3) is 0 Å². The van der Waals surface area contributed by atoms with Crippen LogP contribution in [0.15, 0.2) is 18.2 Å². The predicted octanol–water partition coefficient (Wildman–Crippen LogP) is 2.79. The van der Waals surface area contributed by atoms with Gasteiger partial charge >= 0.3 is 0 Å². The van der Waals surface area contributed by atoms with Crippen LogP contribution in [0.2, 0.25) is 0 Å². The van der Waals surface area contributed by atoms with Gasteiger partial charge in [0.05, 0.1) is 14.2 Å². The average Bonchev–Trinajstić information content (AvgIpc) is 2.35. The van der Waals surface area contributed by atoms with Crippen LogP contribution >= 0.6 is 0 Å². The zero-order valence-electron chi connectivity index (χ0n) is 11.4. The number of nitrogens with two attached hydrogens (primary N) is 1. The molecule has 3 nitrogen and oxygen atoms in total. The molecule has 0 amide bonds. The van der Waals surface area contributed by atoms with E-state index in [1.165, 1.54) is 0 Å². The van der Waals surface area contributed by atoms with E-state index < -0.39 is 0 Å². The predicted molar refractivity (Wildman–Crippen MR) is 70.8 cm³/mol. The van der Waals surface area contributed by atoms with E-state index >= 15 is 0 Å². The van der Waals surface area contributed by atoms with Gasteiger partial charge in [0.2, 0.25) is 0 Å². The van der Waals surface area contributed by atoms with Gasteiger partial charge in [-0.05, 0) is 24.1 Å². The molecule has 0 aliphatic carbocycles. The summed E-state index contributed by atoms with van der Waals surface area (Å²) in [7, 11) is 3.34. The Morgan fingerprint density at radius 2 is 1.71 bits per heavy atom. The molecule has 1 aromatic carbocycles. The molecule has 2 unspecified atom stereocenters. The molecule has 2 N–H and O–H groups in total. The van der Waals surface area contributed by atoms with Gasteiger partial charge in [-0.3, -0.25) is 0 Å². The Labute approximate surface area is 104 Å². The van der Waals surface area contributed by atoms with Gasteiger partial charge in [-0.1, -0.05) is 20.8 Å². The lowest BCUT2D eigenvalue weighted by Crippen LogP contribution is -2.32. The minimum atomic E-state index is 0.107. The largest absolute Gasteiger partial charge is 0.497 e. The van der Waals surface area contributed by atoms with Gasteiger partial charge in [-0.2, -0.15) is 0 Å². The zero-order valence-corrected chi connectivity index (χ0v) is 11.4. The summed E-state index contributed by atoms with van der Waals surface area (Å²) in [5.74, 6) is 2.37. The first-order chi connectivity index (χ1) is 8.01. The Hall–Kier alpha value is -1.22. The van der Waals surface area contributed by atoms with Crippen LogP contribution in [0.5, 0.6) is 11.5 Å². The molecule has 0 aromatic heterocycles. The Morgan fingerprint density at radius 1 is 1.06 bits per heavy atom. The Kier molecular flexibility index (Phi) is 4.82. The average molecular weight is 237 g/mol. The molecule has 3 heteroatoms. The molecule has 0 saturated heterocycles. The van der Waals surface area contributed by atoms with Crippen molar-refractivity contribution in [3.63, 3.8) is 0 Å². The summed E-state index contributed by atoms with van der Waals surface area (Å²) >= 11 is 0. The SMILES string of the molecule is COc1ccc(OC)c(C(C)C(N)C(C)C)c1. The van der Waals surface area contributed by atoms with Crippen molar-refractivity contribution in [2.45, 2.75) is 32.7 Å². The second-order valence-corrected chi connectivity index (χ2v) is 4.72.